The molecule has 2 aromatic rings. The van der Waals surface area contributed by atoms with Gasteiger partial charge >= 0.3 is 0 Å². The van der Waals surface area contributed by atoms with E-state index in [4.69, 9.17) is 0 Å². The predicted molar refractivity (Wildman–Crippen MR) is 97.8 cm³/mol. The molecule has 2 aromatic carbocycles. The van der Waals surface area contributed by atoms with Gasteiger partial charge in [0.15, 0.2) is 0 Å². The Morgan fingerprint density at radius 3 is 2.17 bits per heavy atom. The third kappa shape index (κ3) is 2.33. The molecule has 0 unspecified atom stereocenters. The van der Waals surface area contributed by atoms with Gasteiger partial charge in [0.1, 0.15) is 0 Å². The molecule has 3 aliphatic rings. The first-order valence-corrected chi connectivity index (χ1v) is 8.90. The number of fused-ring (bicyclic) bond motifs is 3. The zero-order valence-corrected chi connectivity index (χ0v) is 14.6. The molecule has 2 aliphatic heterocycles. The second kappa shape index (κ2) is 5.21. The third-order valence-corrected chi connectivity index (χ3v) is 6.65. The van der Waals surface area contributed by atoms with Gasteiger partial charge in [0.05, 0.1) is 0 Å². The van der Waals surface area contributed by atoms with E-state index in [2.05, 4.69) is 74.3 Å². The van der Waals surface area contributed by atoms with E-state index >= 15 is 0 Å². The van der Waals surface area contributed by atoms with Crippen molar-refractivity contribution in [1.29, 1.82) is 0 Å². The first-order chi connectivity index (χ1) is 11.0. The van der Waals surface area contributed by atoms with Gasteiger partial charge < -0.3 is 4.90 Å². The van der Waals surface area contributed by atoms with Gasteiger partial charge in [-0.15, -0.1) is 0 Å². The summed E-state index contributed by atoms with van der Waals surface area (Å²) >= 11 is 0. The van der Waals surface area contributed by atoms with Gasteiger partial charge in [-0.25, -0.2) is 0 Å². The Morgan fingerprint density at radius 2 is 1.57 bits per heavy atom. The van der Waals surface area contributed by atoms with Crippen molar-refractivity contribution in [2.24, 2.45) is 0 Å². The molecule has 3 fully saturated rings. The lowest BCUT2D eigenvalue weighted by atomic mass is 9.59. The summed E-state index contributed by atoms with van der Waals surface area (Å²) in [5.41, 5.74) is 6.53. The van der Waals surface area contributed by atoms with Crippen molar-refractivity contribution in [3.8, 4) is 11.1 Å². The maximum atomic E-state index is 2.62. The molecule has 0 atom stereocenters. The second-order valence-corrected chi connectivity index (χ2v) is 8.03. The molecule has 0 aromatic heterocycles. The summed E-state index contributed by atoms with van der Waals surface area (Å²) in [6.45, 7) is 5.97. The molecule has 2 saturated heterocycles. The normalized spacial score (nSPS) is 30.6. The van der Waals surface area contributed by atoms with Crippen LogP contribution in [0, 0.1) is 6.92 Å². The monoisotopic (exact) mass is 305 g/mol. The summed E-state index contributed by atoms with van der Waals surface area (Å²) in [5.74, 6) is 0. The van der Waals surface area contributed by atoms with Gasteiger partial charge in [-0.2, -0.15) is 0 Å². The Labute approximate surface area is 140 Å². The van der Waals surface area contributed by atoms with Crippen LogP contribution >= 0.6 is 0 Å². The summed E-state index contributed by atoms with van der Waals surface area (Å²) in [6, 6.07) is 17.9. The lowest BCUT2D eigenvalue weighted by Crippen LogP contribution is -2.61. The molecule has 120 valence electrons. The lowest BCUT2D eigenvalue weighted by molar-refractivity contribution is -0.0224. The average Bonchev–Trinajstić information content (AvgIpc) is 2.57. The summed E-state index contributed by atoms with van der Waals surface area (Å²) in [4.78, 5) is 2.62. The Kier molecular flexibility index (Phi) is 3.39. The van der Waals surface area contributed by atoms with Crippen molar-refractivity contribution in [3.05, 3.63) is 59.7 Å². The Hall–Kier alpha value is -1.60. The van der Waals surface area contributed by atoms with E-state index < -0.39 is 0 Å². The van der Waals surface area contributed by atoms with Crippen LogP contribution in [0.4, 0.5) is 0 Å². The molecule has 2 heterocycles. The van der Waals surface area contributed by atoms with Gasteiger partial charge in [-0.1, -0.05) is 48.5 Å². The van der Waals surface area contributed by atoms with Gasteiger partial charge in [0.25, 0.3) is 0 Å². The molecule has 1 nitrogen and oxygen atoms in total. The quantitative estimate of drug-likeness (QED) is 0.739. The minimum atomic E-state index is 0.381. The predicted octanol–water partition coefficient (Wildman–Crippen LogP) is 5.18. The Morgan fingerprint density at radius 1 is 0.870 bits per heavy atom. The standard InChI is InChI=1S/C22H27N/c1-17-15-19(18-7-5-4-6-8-18)9-10-20(17)22-13-11-21(2,12-14-22)23(3)16-22/h4-10,15H,11-14,16H2,1-3H3. The highest BCUT2D eigenvalue weighted by molar-refractivity contribution is 5.65. The highest BCUT2D eigenvalue weighted by Gasteiger charge is 2.50. The molecule has 0 radical (unpaired) electrons. The largest absolute Gasteiger partial charge is 0.300 e. The zero-order chi connectivity index (χ0) is 16.1. The van der Waals surface area contributed by atoms with E-state index in [-0.39, 0.29) is 0 Å². The SMILES string of the molecule is Cc1cc(-c2ccccc2)ccc1C12CCC(C)(CC1)N(C)C2. The van der Waals surface area contributed by atoms with E-state index in [9.17, 15) is 0 Å². The van der Waals surface area contributed by atoms with Crippen LogP contribution in [0.3, 0.4) is 0 Å². The summed E-state index contributed by atoms with van der Waals surface area (Å²) in [7, 11) is 2.32. The minimum Gasteiger partial charge on any atom is -0.300 e. The number of piperidine rings is 2. The molecule has 1 aliphatic carbocycles. The van der Waals surface area contributed by atoms with Crippen LogP contribution in [0.2, 0.25) is 0 Å². The van der Waals surface area contributed by atoms with Crippen LogP contribution in [0.15, 0.2) is 48.5 Å². The number of likely N-dealkylation sites (N-methyl/N-ethyl adjacent to an activating group) is 1. The van der Waals surface area contributed by atoms with Crippen LogP contribution in [-0.4, -0.2) is 24.0 Å². The first kappa shape index (κ1) is 15.0. The average molecular weight is 305 g/mol. The highest BCUT2D eigenvalue weighted by atomic mass is 15.2. The maximum Gasteiger partial charge on any atom is 0.0179 e. The van der Waals surface area contributed by atoms with Crippen molar-refractivity contribution >= 4 is 0 Å². The number of hydrogen-bond donors (Lipinski definition) is 0. The lowest BCUT2D eigenvalue weighted by Gasteiger charge is -2.58. The van der Waals surface area contributed by atoms with Gasteiger partial charge in [-0.3, -0.25) is 0 Å². The van der Waals surface area contributed by atoms with Crippen LogP contribution in [0.1, 0.15) is 43.7 Å². The van der Waals surface area contributed by atoms with Crippen molar-refractivity contribution in [1.82, 2.24) is 4.90 Å². The number of benzene rings is 2. The van der Waals surface area contributed by atoms with E-state index in [1.54, 1.807) is 5.56 Å². The van der Waals surface area contributed by atoms with Crippen LogP contribution in [-0.2, 0) is 5.41 Å². The number of hydrogen-bond acceptors (Lipinski definition) is 1. The van der Waals surface area contributed by atoms with E-state index in [0.29, 0.717) is 11.0 Å². The number of nitrogens with zero attached hydrogens (tertiary/aromatic N) is 1. The molecule has 1 saturated carbocycles. The van der Waals surface area contributed by atoms with Crippen molar-refractivity contribution in [3.63, 3.8) is 0 Å². The molecule has 0 N–H and O–H groups in total. The van der Waals surface area contributed by atoms with Gasteiger partial charge in [0.2, 0.25) is 0 Å². The van der Waals surface area contributed by atoms with E-state index in [1.165, 1.54) is 48.9 Å². The van der Waals surface area contributed by atoms with Crippen molar-refractivity contribution in [2.45, 2.75) is 50.5 Å². The second-order valence-electron chi connectivity index (χ2n) is 8.03. The van der Waals surface area contributed by atoms with Crippen LogP contribution < -0.4 is 0 Å². The Bertz CT molecular complexity index is 708. The van der Waals surface area contributed by atoms with E-state index in [0.717, 1.165) is 0 Å². The molecule has 0 amide bonds. The summed E-state index contributed by atoms with van der Waals surface area (Å²) in [5, 5.41) is 0. The fourth-order valence-corrected chi connectivity index (χ4v) is 4.88. The fraction of sp³-hybridized carbons (Fsp3) is 0.455. The molecule has 5 rings (SSSR count). The van der Waals surface area contributed by atoms with E-state index in [1.807, 2.05) is 0 Å². The van der Waals surface area contributed by atoms with Crippen molar-refractivity contribution < 1.29 is 0 Å². The molecule has 0 spiro atoms. The molecular weight excluding hydrogens is 278 g/mol. The van der Waals surface area contributed by atoms with Crippen LogP contribution in [0.5, 0.6) is 0 Å². The number of rotatable bonds is 2. The Balaban J connectivity index is 1.71. The summed E-state index contributed by atoms with van der Waals surface area (Å²) in [6.07, 6.45) is 5.37. The summed E-state index contributed by atoms with van der Waals surface area (Å²) < 4.78 is 0. The fourth-order valence-electron chi connectivity index (χ4n) is 4.88. The van der Waals surface area contributed by atoms with Crippen LogP contribution in [0.25, 0.3) is 11.1 Å². The maximum absolute atomic E-state index is 2.62. The number of aryl methyl sites for hydroxylation is 1. The minimum absolute atomic E-state index is 0.381. The first-order valence-electron chi connectivity index (χ1n) is 8.90. The molecule has 1 heteroatoms. The van der Waals surface area contributed by atoms with Crippen molar-refractivity contribution in [2.75, 3.05) is 13.6 Å². The highest BCUT2D eigenvalue weighted by Crippen LogP contribution is 2.51. The topological polar surface area (TPSA) is 3.24 Å². The third-order valence-electron chi connectivity index (χ3n) is 6.65. The molecule has 23 heavy (non-hydrogen) atoms. The molecular formula is C22H27N. The van der Waals surface area contributed by atoms with Gasteiger partial charge in [-0.05, 0) is 68.8 Å². The van der Waals surface area contributed by atoms with Gasteiger partial charge in [0, 0.05) is 17.5 Å². The zero-order valence-electron chi connectivity index (χ0n) is 14.6. The molecule has 2 bridgehead atoms. The smallest absolute Gasteiger partial charge is 0.0179 e.